The molecule has 110 valence electrons. The second-order valence-electron chi connectivity index (χ2n) is 4.19. The van der Waals surface area contributed by atoms with Crippen LogP contribution in [0.15, 0.2) is 36.4 Å². The van der Waals surface area contributed by atoms with E-state index in [1.54, 1.807) is 12.1 Å². The standard InChI is InChI=1S/C15H13F2NO3/c1-20-12-3-4-14(13(8-12)15(19)21-2)18-11-6-9(16)5-10(17)7-11/h3-8,18H,1-2H3. The smallest absolute Gasteiger partial charge is 0.340 e. The molecule has 0 fully saturated rings. The quantitative estimate of drug-likeness (QED) is 0.876. The highest BCUT2D eigenvalue weighted by Crippen LogP contribution is 2.26. The van der Waals surface area contributed by atoms with Crippen LogP contribution < -0.4 is 10.1 Å². The number of hydrogen-bond acceptors (Lipinski definition) is 4. The predicted octanol–water partition coefficient (Wildman–Crippen LogP) is 3.50. The lowest BCUT2D eigenvalue weighted by atomic mass is 10.1. The van der Waals surface area contributed by atoms with E-state index in [1.807, 2.05) is 0 Å². The van der Waals surface area contributed by atoms with Crippen LogP contribution >= 0.6 is 0 Å². The highest BCUT2D eigenvalue weighted by molar-refractivity contribution is 5.97. The Bertz CT molecular complexity index is 654. The van der Waals surface area contributed by atoms with Crippen molar-refractivity contribution in [3.63, 3.8) is 0 Å². The van der Waals surface area contributed by atoms with Crippen LogP contribution in [0.1, 0.15) is 10.4 Å². The van der Waals surface area contributed by atoms with Crippen molar-refractivity contribution in [3.8, 4) is 5.75 Å². The van der Waals surface area contributed by atoms with Gasteiger partial charge >= 0.3 is 5.97 Å². The number of carbonyl (C=O) groups excluding carboxylic acids is 1. The monoisotopic (exact) mass is 293 g/mol. The van der Waals surface area contributed by atoms with Gasteiger partial charge in [-0.25, -0.2) is 13.6 Å². The van der Waals surface area contributed by atoms with Gasteiger partial charge in [-0.3, -0.25) is 0 Å². The number of benzene rings is 2. The Morgan fingerprint density at radius 3 is 2.29 bits per heavy atom. The summed E-state index contributed by atoms with van der Waals surface area (Å²) < 4.78 is 36.1. The SMILES string of the molecule is COC(=O)c1cc(OC)ccc1Nc1cc(F)cc(F)c1. The zero-order valence-electron chi connectivity index (χ0n) is 11.4. The van der Waals surface area contributed by atoms with E-state index in [4.69, 9.17) is 4.74 Å². The molecule has 4 nitrogen and oxygen atoms in total. The van der Waals surface area contributed by atoms with Crippen LogP contribution in [0, 0.1) is 11.6 Å². The number of rotatable bonds is 4. The highest BCUT2D eigenvalue weighted by atomic mass is 19.1. The molecule has 6 heteroatoms. The second kappa shape index (κ2) is 6.21. The highest BCUT2D eigenvalue weighted by Gasteiger charge is 2.14. The first-order valence-corrected chi connectivity index (χ1v) is 6.03. The fourth-order valence-electron chi connectivity index (χ4n) is 1.82. The molecule has 0 aliphatic rings. The molecule has 1 N–H and O–H groups in total. The third-order valence-electron chi connectivity index (χ3n) is 2.77. The fourth-order valence-corrected chi connectivity index (χ4v) is 1.82. The molecule has 0 heterocycles. The Balaban J connectivity index is 2.40. The minimum atomic E-state index is -0.717. The van der Waals surface area contributed by atoms with E-state index in [1.165, 1.54) is 20.3 Å². The lowest BCUT2D eigenvalue weighted by Crippen LogP contribution is -2.06. The van der Waals surface area contributed by atoms with Crippen molar-refractivity contribution < 1.29 is 23.0 Å². The Hall–Kier alpha value is -2.63. The van der Waals surface area contributed by atoms with Gasteiger partial charge in [-0.15, -0.1) is 0 Å². The van der Waals surface area contributed by atoms with Crippen molar-refractivity contribution in [2.24, 2.45) is 0 Å². The van der Waals surface area contributed by atoms with Crippen molar-refractivity contribution in [2.75, 3.05) is 19.5 Å². The normalized spacial score (nSPS) is 10.1. The van der Waals surface area contributed by atoms with Crippen LogP contribution in [-0.2, 0) is 4.74 Å². The van der Waals surface area contributed by atoms with Gasteiger partial charge in [-0.05, 0) is 30.3 Å². The summed E-state index contributed by atoms with van der Waals surface area (Å²) in [6, 6.07) is 7.66. The molecule has 2 aromatic rings. The van der Waals surface area contributed by atoms with E-state index < -0.39 is 17.6 Å². The first-order valence-electron chi connectivity index (χ1n) is 6.03. The molecule has 2 aromatic carbocycles. The molecule has 0 aliphatic heterocycles. The largest absolute Gasteiger partial charge is 0.497 e. The van der Waals surface area contributed by atoms with Gasteiger partial charge in [-0.2, -0.15) is 0 Å². The summed E-state index contributed by atoms with van der Waals surface area (Å²) in [6.07, 6.45) is 0. The van der Waals surface area contributed by atoms with Crippen molar-refractivity contribution >= 4 is 17.3 Å². The van der Waals surface area contributed by atoms with Crippen molar-refractivity contribution in [3.05, 3.63) is 53.6 Å². The molecule has 21 heavy (non-hydrogen) atoms. The van der Waals surface area contributed by atoms with E-state index in [0.717, 1.165) is 18.2 Å². The molecule has 0 atom stereocenters. The maximum absolute atomic E-state index is 13.2. The molecule has 0 aliphatic carbocycles. The van der Waals surface area contributed by atoms with Gasteiger partial charge in [0.15, 0.2) is 0 Å². The molecule has 0 spiro atoms. The number of esters is 1. The molecule has 2 rings (SSSR count). The Labute approximate surface area is 120 Å². The van der Waals surface area contributed by atoms with Gasteiger partial charge in [0.05, 0.1) is 25.5 Å². The Morgan fingerprint density at radius 2 is 1.71 bits per heavy atom. The van der Waals surface area contributed by atoms with E-state index in [0.29, 0.717) is 11.4 Å². The Morgan fingerprint density at radius 1 is 1.05 bits per heavy atom. The van der Waals surface area contributed by atoms with E-state index in [2.05, 4.69) is 10.1 Å². The summed E-state index contributed by atoms with van der Waals surface area (Å²) in [5.41, 5.74) is 0.733. The minimum Gasteiger partial charge on any atom is -0.497 e. The number of anilines is 2. The molecule has 0 saturated heterocycles. The topological polar surface area (TPSA) is 47.6 Å². The van der Waals surface area contributed by atoms with Crippen LogP contribution in [-0.4, -0.2) is 20.2 Å². The summed E-state index contributed by atoms with van der Waals surface area (Å²) in [4.78, 5) is 11.8. The first kappa shape index (κ1) is 14.8. The van der Waals surface area contributed by atoms with Gasteiger partial charge in [0.2, 0.25) is 0 Å². The molecule has 0 saturated carbocycles. The zero-order valence-corrected chi connectivity index (χ0v) is 11.4. The molecular formula is C15H13F2NO3. The number of halogens is 2. The lowest BCUT2D eigenvalue weighted by Gasteiger charge is -2.12. The molecule has 0 aromatic heterocycles. The van der Waals surface area contributed by atoms with E-state index in [9.17, 15) is 13.6 Å². The average Bonchev–Trinajstić information content (AvgIpc) is 2.45. The average molecular weight is 293 g/mol. The summed E-state index contributed by atoms with van der Waals surface area (Å²) in [5.74, 6) is -1.56. The van der Waals surface area contributed by atoms with Gasteiger partial charge in [0, 0.05) is 11.8 Å². The van der Waals surface area contributed by atoms with Crippen LogP contribution in [0.25, 0.3) is 0 Å². The van der Waals surface area contributed by atoms with Gasteiger partial charge in [0.1, 0.15) is 17.4 Å². The molecule has 0 unspecified atom stereocenters. The number of carbonyl (C=O) groups is 1. The summed E-state index contributed by atoms with van der Waals surface area (Å²) in [6.45, 7) is 0. The first-order chi connectivity index (χ1) is 10.0. The van der Waals surface area contributed by atoms with E-state index >= 15 is 0 Å². The van der Waals surface area contributed by atoms with Crippen molar-refractivity contribution in [1.82, 2.24) is 0 Å². The van der Waals surface area contributed by atoms with Gasteiger partial charge in [-0.1, -0.05) is 0 Å². The summed E-state index contributed by atoms with van der Waals surface area (Å²) >= 11 is 0. The third kappa shape index (κ3) is 3.47. The number of ether oxygens (including phenoxy) is 2. The Kier molecular flexibility index (Phi) is 4.37. The number of hydrogen-bond donors (Lipinski definition) is 1. The third-order valence-corrected chi connectivity index (χ3v) is 2.77. The lowest BCUT2D eigenvalue weighted by molar-refractivity contribution is 0.0601. The van der Waals surface area contributed by atoms with Gasteiger partial charge in [0.25, 0.3) is 0 Å². The maximum atomic E-state index is 13.2. The summed E-state index contributed by atoms with van der Waals surface area (Å²) in [7, 11) is 2.71. The van der Waals surface area contributed by atoms with Crippen molar-refractivity contribution in [1.29, 1.82) is 0 Å². The predicted molar refractivity (Wildman–Crippen MR) is 74.0 cm³/mol. The number of nitrogens with one attached hydrogen (secondary N) is 1. The minimum absolute atomic E-state index is 0.183. The molecule has 0 bridgehead atoms. The van der Waals surface area contributed by atoms with E-state index in [-0.39, 0.29) is 11.3 Å². The zero-order chi connectivity index (χ0) is 15.4. The maximum Gasteiger partial charge on any atom is 0.340 e. The molecular weight excluding hydrogens is 280 g/mol. The van der Waals surface area contributed by atoms with Crippen LogP contribution in [0.2, 0.25) is 0 Å². The number of methoxy groups -OCH3 is 2. The van der Waals surface area contributed by atoms with Crippen LogP contribution in [0.5, 0.6) is 5.75 Å². The van der Waals surface area contributed by atoms with Crippen LogP contribution in [0.3, 0.4) is 0 Å². The fraction of sp³-hybridized carbons (Fsp3) is 0.133. The van der Waals surface area contributed by atoms with Crippen molar-refractivity contribution in [2.45, 2.75) is 0 Å². The molecule has 0 radical (unpaired) electrons. The second-order valence-corrected chi connectivity index (χ2v) is 4.19. The molecule has 0 amide bonds. The summed E-state index contributed by atoms with van der Waals surface area (Å²) in [5, 5.41) is 2.78. The van der Waals surface area contributed by atoms with Gasteiger partial charge < -0.3 is 14.8 Å². The van der Waals surface area contributed by atoms with Crippen LogP contribution in [0.4, 0.5) is 20.2 Å².